The molecule has 23 heavy (non-hydrogen) atoms. The lowest BCUT2D eigenvalue weighted by molar-refractivity contribution is -0.116. The van der Waals surface area contributed by atoms with Crippen LogP contribution < -0.4 is 11.0 Å². The van der Waals surface area contributed by atoms with Crippen LogP contribution in [0.2, 0.25) is 10.0 Å². The number of benzene rings is 2. The van der Waals surface area contributed by atoms with E-state index in [0.717, 1.165) is 5.52 Å². The van der Waals surface area contributed by atoms with Crippen molar-refractivity contribution >= 4 is 45.8 Å². The number of nitrogens with zero attached hydrogens (tertiary/aromatic N) is 2. The molecule has 5 nitrogen and oxygen atoms in total. The molecule has 0 fully saturated rings. The van der Waals surface area contributed by atoms with E-state index in [1.807, 2.05) is 24.3 Å². The van der Waals surface area contributed by atoms with Gasteiger partial charge in [0.15, 0.2) is 0 Å². The number of rotatable bonds is 3. The van der Waals surface area contributed by atoms with Crippen LogP contribution in [0.25, 0.3) is 11.0 Å². The van der Waals surface area contributed by atoms with E-state index in [1.54, 1.807) is 25.2 Å². The standard InChI is InChI=1S/C16H13Cl2N3O2/c1-20-13-4-2-3-5-14(13)21(16(20)23)9-15(22)19-10-6-7-11(17)12(18)8-10/h2-8H,9H2,1H3,(H,19,22). The highest BCUT2D eigenvalue weighted by molar-refractivity contribution is 6.42. The number of hydrogen-bond donors (Lipinski definition) is 1. The smallest absolute Gasteiger partial charge is 0.324 e. The minimum atomic E-state index is -0.318. The topological polar surface area (TPSA) is 56.0 Å². The van der Waals surface area contributed by atoms with E-state index in [-0.39, 0.29) is 18.1 Å². The molecular weight excluding hydrogens is 337 g/mol. The first-order valence-electron chi connectivity index (χ1n) is 6.86. The van der Waals surface area contributed by atoms with Crippen molar-refractivity contribution in [2.45, 2.75) is 6.54 Å². The average Bonchev–Trinajstić information content (AvgIpc) is 2.76. The van der Waals surface area contributed by atoms with E-state index in [0.29, 0.717) is 21.2 Å². The molecule has 0 aliphatic carbocycles. The summed E-state index contributed by atoms with van der Waals surface area (Å²) in [5.74, 6) is -0.318. The molecule has 1 N–H and O–H groups in total. The molecule has 1 heterocycles. The van der Waals surface area contributed by atoms with Gasteiger partial charge in [0.25, 0.3) is 0 Å². The summed E-state index contributed by atoms with van der Waals surface area (Å²) >= 11 is 11.8. The molecule has 118 valence electrons. The summed E-state index contributed by atoms with van der Waals surface area (Å²) in [6.07, 6.45) is 0. The van der Waals surface area contributed by atoms with Crippen LogP contribution in [0.5, 0.6) is 0 Å². The summed E-state index contributed by atoms with van der Waals surface area (Å²) in [6.45, 7) is -0.0829. The fourth-order valence-electron chi connectivity index (χ4n) is 2.43. The van der Waals surface area contributed by atoms with Crippen molar-refractivity contribution < 1.29 is 4.79 Å². The lowest BCUT2D eigenvalue weighted by atomic mass is 10.3. The van der Waals surface area contributed by atoms with Gasteiger partial charge in [0.1, 0.15) is 6.54 Å². The quantitative estimate of drug-likeness (QED) is 0.788. The first-order chi connectivity index (χ1) is 11.0. The predicted octanol–water partition coefficient (Wildman–Crippen LogP) is 3.29. The molecule has 2 aromatic carbocycles. The van der Waals surface area contributed by atoms with Crippen molar-refractivity contribution in [2.75, 3.05) is 5.32 Å². The summed E-state index contributed by atoms with van der Waals surface area (Å²) < 4.78 is 2.95. The molecule has 1 amide bonds. The lowest BCUT2D eigenvalue weighted by Crippen LogP contribution is -2.28. The molecule has 0 unspecified atom stereocenters. The van der Waals surface area contributed by atoms with Gasteiger partial charge >= 0.3 is 5.69 Å². The zero-order valence-corrected chi connectivity index (χ0v) is 13.7. The molecule has 0 aliphatic rings. The van der Waals surface area contributed by atoms with Gasteiger partial charge in [-0.25, -0.2) is 4.79 Å². The highest BCUT2D eigenvalue weighted by Gasteiger charge is 2.13. The molecule has 0 spiro atoms. The van der Waals surface area contributed by atoms with Crippen molar-refractivity contribution in [2.24, 2.45) is 7.05 Å². The first-order valence-corrected chi connectivity index (χ1v) is 7.62. The molecule has 0 radical (unpaired) electrons. The number of aromatic nitrogens is 2. The lowest BCUT2D eigenvalue weighted by Gasteiger charge is -2.07. The van der Waals surface area contributed by atoms with Crippen LogP contribution in [0.3, 0.4) is 0 Å². The zero-order chi connectivity index (χ0) is 16.6. The molecule has 0 saturated heterocycles. The number of nitrogens with one attached hydrogen (secondary N) is 1. The highest BCUT2D eigenvalue weighted by Crippen LogP contribution is 2.25. The third kappa shape index (κ3) is 2.98. The number of imidazole rings is 1. The zero-order valence-electron chi connectivity index (χ0n) is 12.2. The maximum atomic E-state index is 12.3. The molecular formula is C16H13Cl2N3O2. The normalized spacial score (nSPS) is 10.9. The Morgan fingerprint density at radius 2 is 1.78 bits per heavy atom. The third-order valence-corrected chi connectivity index (χ3v) is 4.30. The molecule has 3 rings (SSSR count). The van der Waals surface area contributed by atoms with Crippen LogP contribution in [-0.2, 0) is 18.4 Å². The van der Waals surface area contributed by atoms with Crippen molar-refractivity contribution in [3.8, 4) is 0 Å². The number of carbonyl (C=O) groups excluding carboxylic acids is 1. The summed E-state index contributed by atoms with van der Waals surface area (Å²) in [7, 11) is 1.68. The molecule has 0 atom stereocenters. The fourth-order valence-corrected chi connectivity index (χ4v) is 2.73. The number of fused-ring (bicyclic) bond motifs is 1. The van der Waals surface area contributed by atoms with Crippen LogP contribution >= 0.6 is 23.2 Å². The number of anilines is 1. The summed E-state index contributed by atoms with van der Waals surface area (Å²) in [6, 6.07) is 12.1. The van der Waals surface area contributed by atoms with Crippen LogP contribution in [0.4, 0.5) is 5.69 Å². The van der Waals surface area contributed by atoms with E-state index in [2.05, 4.69) is 5.32 Å². The second-order valence-corrected chi connectivity index (χ2v) is 5.91. The minimum Gasteiger partial charge on any atom is -0.324 e. The van der Waals surface area contributed by atoms with Gasteiger partial charge in [-0.1, -0.05) is 35.3 Å². The third-order valence-electron chi connectivity index (χ3n) is 3.56. The Bertz CT molecular complexity index is 960. The highest BCUT2D eigenvalue weighted by atomic mass is 35.5. The summed E-state index contributed by atoms with van der Waals surface area (Å²) in [5, 5.41) is 3.47. The molecule has 0 aliphatic heterocycles. The van der Waals surface area contributed by atoms with Gasteiger partial charge in [-0.15, -0.1) is 0 Å². The van der Waals surface area contributed by atoms with Crippen LogP contribution in [0, 0.1) is 0 Å². The van der Waals surface area contributed by atoms with E-state index in [4.69, 9.17) is 23.2 Å². The maximum absolute atomic E-state index is 12.3. The van der Waals surface area contributed by atoms with Crippen LogP contribution in [0.15, 0.2) is 47.3 Å². The summed E-state index contributed by atoms with van der Waals surface area (Å²) in [5.41, 5.74) is 1.78. The van der Waals surface area contributed by atoms with Crippen molar-refractivity contribution in [3.05, 3.63) is 63.0 Å². The largest absolute Gasteiger partial charge is 0.329 e. The predicted molar refractivity (Wildman–Crippen MR) is 92.3 cm³/mol. The Hall–Kier alpha value is -2.24. The Kier molecular flexibility index (Phi) is 4.15. The number of amides is 1. The first kappa shape index (κ1) is 15.6. The fraction of sp³-hybridized carbons (Fsp3) is 0.125. The monoisotopic (exact) mass is 349 g/mol. The number of aryl methyl sites for hydroxylation is 1. The van der Waals surface area contributed by atoms with Crippen molar-refractivity contribution in [3.63, 3.8) is 0 Å². The molecule has 3 aromatic rings. The Morgan fingerprint density at radius 1 is 1.09 bits per heavy atom. The van der Waals surface area contributed by atoms with Crippen LogP contribution in [-0.4, -0.2) is 15.0 Å². The average molecular weight is 350 g/mol. The van der Waals surface area contributed by atoms with Gasteiger partial charge in [0.2, 0.25) is 5.91 Å². The second kappa shape index (κ2) is 6.10. The maximum Gasteiger partial charge on any atom is 0.329 e. The number of hydrogen-bond acceptors (Lipinski definition) is 2. The van der Waals surface area contributed by atoms with Gasteiger partial charge in [-0.2, -0.15) is 0 Å². The van der Waals surface area contributed by atoms with Gasteiger partial charge in [0, 0.05) is 12.7 Å². The molecule has 7 heteroatoms. The Balaban J connectivity index is 1.87. The van der Waals surface area contributed by atoms with Crippen molar-refractivity contribution in [1.82, 2.24) is 9.13 Å². The van der Waals surface area contributed by atoms with Gasteiger partial charge in [-0.05, 0) is 30.3 Å². The van der Waals surface area contributed by atoms with E-state index in [1.165, 1.54) is 9.13 Å². The van der Waals surface area contributed by atoms with E-state index >= 15 is 0 Å². The van der Waals surface area contributed by atoms with Crippen LogP contribution in [0.1, 0.15) is 0 Å². The number of para-hydroxylation sites is 2. The Morgan fingerprint density at radius 3 is 2.48 bits per heavy atom. The van der Waals surface area contributed by atoms with E-state index in [9.17, 15) is 9.59 Å². The van der Waals surface area contributed by atoms with Gasteiger partial charge in [-0.3, -0.25) is 13.9 Å². The Labute approximate surface area is 142 Å². The van der Waals surface area contributed by atoms with Gasteiger partial charge < -0.3 is 5.32 Å². The number of halogens is 2. The molecule has 0 bridgehead atoms. The van der Waals surface area contributed by atoms with E-state index < -0.39 is 0 Å². The second-order valence-electron chi connectivity index (χ2n) is 5.09. The minimum absolute atomic E-state index is 0.0829. The van der Waals surface area contributed by atoms with Crippen molar-refractivity contribution in [1.29, 1.82) is 0 Å². The molecule has 1 aromatic heterocycles. The van der Waals surface area contributed by atoms with Gasteiger partial charge in [0.05, 0.1) is 21.1 Å². The molecule has 0 saturated carbocycles. The summed E-state index contributed by atoms with van der Waals surface area (Å²) in [4.78, 5) is 24.5. The number of carbonyl (C=O) groups is 1. The SMILES string of the molecule is Cn1c(=O)n(CC(=O)Nc2ccc(Cl)c(Cl)c2)c2ccccc21.